The molecule has 2 rings (SSSR count). The summed E-state index contributed by atoms with van der Waals surface area (Å²) in [4.78, 5) is 0. The van der Waals surface area contributed by atoms with Gasteiger partial charge in [-0.25, -0.2) is 0 Å². The number of rotatable bonds is 1. The van der Waals surface area contributed by atoms with Crippen LogP contribution >= 0.6 is 0 Å². The van der Waals surface area contributed by atoms with Gasteiger partial charge in [0.25, 0.3) is 0 Å². The summed E-state index contributed by atoms with van der Waals surface area (Å²) in [5, 5.41) is 0. The molecule has 1 aromatic rings. The molecule has 12 heavy (non-hydrogen) atoms. The first-order valence-corrected chi connectivity index (χ1v) is 3.72. The summed E-state index contributed by atoms with van der Waals surface area (Å²) in [6, 6.07) is 5.37. The lowest BCUT2D eigenvalue weighted by atomic mass is 10.3. The third kappa shape index (κ3) is 1.18. The molecule has 0 unspecified atom stereocenters. The van der Waals surface area contributed by atoms with Crippen LogP contribution in [0.3, 0.4) is 0 Å². The van der Waals surface area contributed by atoms with Crippen LogP contribution in [0.4, 0.5) is 0 Å². The van der Waals surface area contributed by atoms with Gasteiger partial charge in [-0.3, -0.25) is 0 Å². The molecule has 0 amide bonds. The van der Waals surface area contributed by atoms with Crippen molar-refractivity contribution in [2.24, 2.45) is 0 Å². The molecule has 0 saturated heterocycles. The van der Waals surface area contributed by atoms with E-state index in [4.69, 9.17) is 14.2 Å². The molecule has 0 aromatic heterocycles. The monoisotopic (exact) mass is 165 g/mol. The van der Waals surface area contributed by atoms with Gasteiger partial charge in [0.15, 0.2) is 11.5 Å². The molecule has 0 fully saturated rings. The van der Waals surface area contributed by atoms with E-state index in [-0.39, 0.29) is 0 Å². The molecule has 63 valence electrons. The van der Waals surface area contributed by atoms with Crippen molar-refractivity contribution in [3.63, 3.8) is 0 Å². The maximum Gasteiger partial charge on any atom is 0.165 e. The van der Waals surface area contributed by atoms with Crippen LogP contribution in [-0.2, 0) is 0 Å². The van der Waals surface area contributed by atoms with E-state index in [2.05, 4.69) is 7.11 Å². The maximum atomic E-state index is 5.33. The molecule has 0 spiro atoms. The average Bonchev–Trinajstić information content (AvgIpc) is 2.17. The van der Waals surface area contributed by atoms with E-state index >= 15 is 0 Å². The van der Waals surface area contributed by atoms with Gasteiger partial charge in [-0.2, -0.15) is 0 Å². The molecule has 1 aliphatic heterocycles. The fraction of sp³-hybridized carbons (Fsp3) is 0.222. The summed E-state index contributed by atoms with van der Waals surface area (Å²) in [7, 11) is 3.31. The largest absolute Gasteiger partial charge is 0.490 e. The standard InChI is InChI=1S/C9H9O3/c1-10-7-2-3-8-9(6-7)12-5-4-11-8/h2-3,6H,1,4-5H2. The van der Waals surface area contributed by atoms with Gasteiger partial charge < -0.3 is 14.2 Å². The van der Waals surface area contributed by atoms with Crippen molar-refractivity contribution in [1.82, 2.24) is 0 Å². The van der Waals surface area contributed by atoms with Crippen LogP contribution in [0.5, 0.6) is 17.2 Å². The molecule has 1 radical (unpaired) electrons. The molecule has 3 nitrogen and oxygen atoms in total. The first-order chi connectivity index (χ1) is 5.90. The Bertz CT molecular complexity index is 283. The van der Waals surface area contributed by atoms with Gasteiger partial charge in [-0.15, -0.1) is 0 Å². The molecule has 0 aliphatic carbocycles. The number of ether oxygens (including phenoxy) is 3. The lowest BCUT2D eigenvalue weighted by molar-refractivity contribution is 0.171. The zero-order valence-corrected chi connectivity index (χ0v) is 6.58. The highest BCUT2D eigenvalue weighted by atomic mass is 16.6. The number of hydrogen-bond acceptors (Lipinski definition) is 3. The Balaban J connectivity index is 2.36. The number of fused-ring (bicyclic) bond motifs is 1. The Morgan fingerprint density at radius 3 is 2.67 bits per heavy atom. The normalized spacial score (nSPS) is 14.1. The van der Waals surface area contributed by atoms with Gasteiger partial charge in [-0.05, 0) is 12.1 Å². The molecule has 1 aliphatic rings. The summed E-state index contributed by atoms with van der Waals surface area (Å²) in [5.74, 6) is 2.17. The van der Waals surface area contributed by atoms with Crippen molar-refractivity contribution in [1.29, 1.82) is 0 Å². The number of benzene rings is 1. The van der Waals surface area contributed by atoms with Crippen molar-refractivity contribution in [2.45, 2.75) is 0 Å². The SMILES string of the molecule is [CH2]Oc1ccc2c(c1)OCCO2. The predicted octanol–water partition coefficient (Wildman–Crippen LogP) is 1.63. The Labute approximate surface area is 70.9 Å². The predicted molar refractivity (Wildman–Crippen MR) is 43.4 cm³/mol. The van der Waals surface area contributed by atoms with E-state index in [1.807, 2.05) is 6.07 Å². The van der Waals surface area contributed by atoms with Crippen LogP contribution in [0, 0.1) is 7.11 Å². The van der Waals surface area contributed by atoms with Crippen molar-refractivity contribution in [2.75, 3.05) is 13.2 Å². The Morgan fingerprint density at radius 1 is 1.17 bits per heavy atom. The molecule has 0 N–H and O–H groups in total. The van der Waals surface area contributed by atoms with Crippen LogP contribution in [0.2, 0.25) is 0 Å². The van der Waals surface area contributed by atoms with Crippen LogP contribution in [0.1, 0.15) is 0 Å². The van der Waals surface area contributed by atoms with Gasteiger partial charge in [-0.1, -0.05) is 0 Å². The van der Waals surface area contributed by atoms with E-state index < -0.39 is 0 Å². The zero-order valence-electron chi connectivity index (χ0n) is 6.58. The van der Waals surface area contributed by atoms with E-state index in [1.165, 1.54) is 0 Å². The Morgan fingerprint density at radius 2 is 1.92 bits per heavy atom. The third-order valence-electron chi connectivity index (χ3n) is 1.68. The molecular formula is C9H9O3. The minimum absolute atomic E-state index is 0.591. The molecular weight excluding hydrogens is 156 g/mol. The molecule has 3 heteroatoms. The smallest absolute Gasteiger partial charge is 0.165 e. The topological polar surface area (TPSA) is 27.7 Å². The molecule has 0 atom stereocenters. The van der Waals surface area contributed by atoms with Crippen molar-refractivity contribution < 1.29 is 14.2 Å². The quantitative estimate of drug-likeness (QED) is 0.633. The highest BCUT2D eigenvalue weighted by Crippen LogP contribution is 2.33. The summed E-state index contributed by atoms with van der Waals surface area (Å²) >= 11 is 0. The lowest BCUT2D eigenvalue weighted by Gasteiger charge is -2.18. The van der Waals surface area contributed by atoms with Crippen molar-refractivity contribution >= 4 is 0 Å². The Hall–Kier alpha value is -1.38. The van der Waals surface area contributed by atoms with Gasteiger partial charge in [0.05, 0.1) is 0 Å². The van der Waals surface area contributed by atoms with E-state index in [9.17, 15) is 0 Å². The zero-order chi connectivity index (χ0) is 8.39. The van der Waals surface area contributed by atoms with Crippen LogP contribution in [-0.4, -0.2) is 13.2 Å². The van der Waals surface area contributed by atoms with E-state index in [0.29, 0.717) is 19.0 Å². The minimum atomic E-state index is 0.591. The van der Waals surface area contributed by atoms with Crippen molar-refractivity contribution in [3.8, 4) is 17.2 Å². The van der Waals surface area contributed by atoms with Gasteiger partial charge in [0.2, 0.25) is 0 Å². The summed E-state index contributed by atoms with van der Waals surface area (Å²) in [6.07, 6.45) is 0. The van der Waals surface area contributed by atoms with E-state index in [0.717, 1.165) is 11.5 Å². The second-order valence-electron chi connectivity index (χ2n) is 2.45. The second kappa shape index (κ2) is 2.93. The van der Waals surface area contributed by atoms with Crippen LogP contribution in [0.25, 0.3) is 0 Å². The molecule has 1 heterocycles. The average molecular weight is 165 g/mol. The maximum absolute atomic E-state index is 5.33. The fourth-order valence-corrected chi connectivity index (χ4v) is 1.11. The third-order valence-corrected chi connectivity index (χ3v) is 1.68. The van der Waals surface area contributed by atoms with Crippen LogP contribution < -0.4 is 14.2 Å². The highest BCUT2D eigenvalue weighted by molar-refractivity contribution is 5.46. The first kappa shape index (κ1) is 7.28. The van der Waals surface area contributed by atoms with Crippen molar-refractivity contribution in [3.05, 3.63) is 25.3 Å². The summed E-state index contributed by atoms with van der Waals surface area (Å²) < 4.78 is 15.4. The van der Waals surface area contributed by atoms with E-state index in [1.54, 1.807) is 12.1 Å². The Kier molecular flexibility index (Phi) is 1.78. The fourth-order valence-electron chi connectivity index (χ4n) is 1.11. The highest BCUT2D eigenvalue weighted by Gasteiger charge is 2.11. The lowest BCUT2D eigenvalue weighted by Crippen LogP contribution is -2.15. The minimum Gasteiger partial charge on any atom is -0.490 e. The molecule has 0 bridgehead atoms. The summed E-state index contributed by atoms with van der Waals surface area (Å²) in [5.41, 5.74) is 0. The van der Waals surface area contributed by atoms with Gasteiger partial charge >= 0.3 is 0 Å². The van der Waals surface area contributed by atoms with Gasteiger partial charge in [0.1, 0.15) is 26.1 Å². The summed E-state index contributed by atoms with van der Waals surface area (Å²) in [6.45, 7) is 1.20. The second-order valence-corrected chi connectivity index (χ2v) is 2.45. The van der Waals surface area contributed by atoms with Crippen LogP contribution in [0.15, 0.2) is 18.2 Å². The van der Waals surface area contributed by atoms with Gasteiger partial charge in [0, 0.05) is 6.07 Å². The molecule has 1 aromatic carbocycles. The first-order valence-electron chi connectivity index (χ1n) is 3.72. The number of hydrogen-bond donors (Lipinski definition) is 0. The molecule has 0 saturated carbocycles.